The van der Waals surface area contributed by atoms with Crippen molar-refractivity contribution in [3.63, 3.8) is 0 Å². The first-order valence-corrected chi connectivity index (χ1v) is 7.00. The number of benzene rings is 1. The van der Waals surface area contributed by atoms with Crippen molar-refractivity contribution in [2.24, 2.45) is 0 Å². The molecule has 0 unspecified atom stereocenters. The van der Waals surface area contributed by atoms with Crippen molar-refractivity contribution in [3.05, 3.63) is 33.9 Å². The SMILES string of the molecule is COC1(CNc2ccc(C(F)(F)F)cc2[N+](=O)[O-])CCOCC1. The Kier molecular flexibility index (Phi) is 5.10. The average Bonchev–Trinajstić information content (AvgIpc) is 2.52. The molecule has 1 fully saturated rings. The highest BCUT2D eigenvalue weighted by molar-refractivity contribution is 5.63. The maximum absolute atomic E-state index is 12.7. The molecule has 1 aliphatic heterocycles. The van der Waals surface area contributed by atoms with Gasteiger partial charge in [0.25, 0.3) is 5.69 Å². The average molecular weight is 334 g/mol. The van der Waals surface area contributed by atoms with Crippen LogP contribution in [0, 0.1) is 10.1 Å². The minimum absolute atomic E-state index is 0.0333. The van der Waals surface area contributed by atoms with Crippen LogP contribution in [-0.4, -0.2) is 37.4 Å². The molecule has 9 heteroatoms. The second-order valence-corrected chi connectivity index (χ2v) is 5.34. The Morgan fingerprint density at radius 1 is 1.39 bits per heavy atom. The standard InChI is InChI=1S/C14H17F3N2O4/c1-22-13(4-6-23-7-5-13)9-18-11-3-2-10(14(15,16)17)8-12(11)19(20)21/h2-3,8,18H,4-7,9H2,1H3. The van der Waals surface area contributed by atoms with Crippen molar-refractivity contribution in [1.82, 2.24) is 0 Å². The Bertz CT molecular complexity index is 572. The van der Waals surface area contributed by atoms with Crippen molar-refractivity contribution in [2.75, 3.05) is 32.2 Å². The molecular weight excluding hydrogens is 317 g/mol. The monoisotopic (exact) mass is 334 g/mol. The lowest BCUT2D eigenvalue weighted by Crippen LogP contribution is -2.44. The van der Waals surface area contributed by atoms with Gasteiger partial charge in [0, 0.05) is 45.8 Å². The van der Waals surface area contributed by atoms with Gasteiger partial charge in [0.2, 0.25) is 0 Å². The molecule has 0 aromatic heterocycles. The lowest BCUT2D eigenvalue weighted by atomic mass is 9.94. The molecule has 1 aromatic carbocycles. The minimum Gasteiger partial charge on any atom is -0.381 e. The van der Waals surface area contributed by atoms with Crippen LogP contribution in [0.25, 0.3) is 0 Å². The summed E-state index contributed by atoms with van der Waals surface area (Å²) in [5.74, 6) is 0. The van der Waals surface area contributed by atoms with Crippen LogP contribution >= 0.6 is 0 Å². The highest BCUT2D eigenvalue weighted by atomic mass is 19.4. The van der Waals surface area contributed by atoms with Crippen LogP contribution in [0.2, 0.25) is 0 Å². The van der Waals surface area contributed by atoms with Crippen molar-refractivity contribution in [1.29, 1.82) is 0 Å². The van der Waals surface area contributed by atoms with Gasteiger partial charge >= 0.3 is 6.18 Å². The van der Waals surface area contributed by atoms with Crippen LogP contribution in [0.3, 0.4) is 0 Å². The van der Waals surface area contributed by atoms with E-state index in [0.29, 0.717) is 32.1 Å². The first-order valence-electron chi connectivity index (χ1n) is 7.00. The highest BCUT2D eigenvalue weighted by Crippen LogP contribution is 2.35. The van der Waals surface area contributed by atoms with Gasteiger partial charge in [0.05, 0.1) is 16.1 Å². The highest BCUT2D eigenvalue weighted by Gasteiger charge is 2.35. The minimum atomic E-state index is -4.63. The molecule has 23 heavy (non-hydrogen) atoms. The number of methoxy groups -OCH3 is 1. The van der Waals surface area contributed by atoms with Crippen molar-refractivity contribution in [3.8, 4) is 0 Å². The summed E-state index contributed by atoms with van der Waals surface area (Å²) in [6.07, 6.45) is -3.42. The maximum Gasteiger partial charge on any atom is 0.416 e. The Balaban J connectivity index is 2.20. The summed E-state index contributed by atoms with van der Waals surface area (Å²) in [7, 11) is 1.54. The van der Waals surface area contributed by atoms with Crippen LogP contribution in [-0.2, 0) is 15.7 Å². The van der Waals surface area contributed by atoms with E-state index in [1.807, 2.05) is 0 Å². The van der Waals surface area contributed by atoms with Gasteiger partial charge in [-0.25, -0.2) is 0 Å². The van der Waals surface area contributed by atoms with Crippen LogP contribution in [0.1, 0.15) is 18.4 Å². The third kappa shape index (κ3) is 4.11. The molecule has 2 rings (SSSR count). The first kappa shape index (κ1) is 17.5. The van der Waals surface area contributed by atoms with E-state index in [1.165, 1.54) is 7.11 Å². The topological polar surface area (TPSA) is 73.6 Å². The number of halogens is 3. The predicted octanol–water partition coefficient (Wildman–Crippen LogP) is 3.22. The van der Waals surface area contributed by atoms with Gasteiger partial charge in [-0.3, -0.25) is 10.1 Å². The third-order valence-electron chi connectivity index (χ3n) is 3.96. The molecule has 0 atom stereocenters. The number of nitrogens with one attached hydrogen (secondary N) is 1. The van der Waals surface area contributed by atoms with Gasteiger partial charge in [0.1, 0.15) is 5.69 Å². The van der Waals surface area contributed by atoms with E-state index in [0.717, 1.165) is 12.1 Å². The molecule has 128 valence electrons. The van der Waals surface area contributed by atoms with Crippen LogP contribution in [0.4, 0.5) is 24.5 Å². The third-order valence-corrected chi connectivity index (χ3v) is 3.96. The predicted molar refractivity (Wildman–Crippen MR) is 76.4 cm³/mol. The smallest absolute Gasteiger partial charge is 0.381 e. The molecule has 0 bridgehead atoms. The molecule has 1 N–H and O–H groups in total. The molecular formula is C14H17F3N2O4. The number of alkyl halides is 3. The number of hydrogen-bond donors (Lipinski definition) is 1. The van der Waals surface area contributed by atoms with Gasteiger partial charge in [-0.2, -0.15) is 13.2 Å². The van der Waals surface area contributed by atoms with Crippen molar-refractivity contribution >= 4 is 11.4 Å². The summed E-state index contributed by atoms with van der Waals surface area (Å²) < 4.78 is 48.8. The Morgan fingerprint density at radius 2 is 2.04 bits per heavy atom. The van der Waals surface area contributed by atoms with Crippen LogP contribution < -0.4 is 5.32 Å². The lowest BCUT2D eigenvalue weighted by Gasteiger charge is -2.36. The molecule has 1 aromatic rings. The van der Waals surface area contributed by atoms with E-state index in [9.17, 15) is 23.3 Å². The lowest BCUT2D eigenvalue weighted by molar-refractivity contribution is -0.384. The molecule has 0 radical (unpaired) electrons. The molecule has 6 nitrogen and oxygen atoms in total. The Hall–Kier alpha value is -1.87. The van der Waals surface area contributed by atoms with E-state index < -0.39 is 28.0 Å². The molecule has 0 spiro atoms. The zero-order chi connectivity index (χ0) is 17.1. The molecule has 0 amide bonds. The first-order chi connectivity index (χ1) is 10.8. The zero-order valence-electron chi connectivity index (χ0n) is 12.5. The summed E-state index contributed by atoms with van der Waals surface area (Å²) in [4.78, 5) is 10.2. The van der Waals surface area contributed by atoms with Gasteiger partial charge in [0.15, 0.2) is 0 Å². The summed E-state index contributed by atoms with van der Waals surface area (Å²) >= 11 is 0. The second-order valence-electron chi connectivity index (χ2n) is 5.34. The van der Waals surface area contributed by atoms with E-state index in [-0.39, 0.29) is 12.2 Å². The van der Waals surface area contributed by atoms with Gasteiger partial charge < -0.3 is 14.8 Å². The van der Waals surface area contributed by atoms with E-state index in [2.05, 4.69) is 5.32 Å². The van der Waals surface area contributed by atoms with Crippen molar-refractivity contribution < 1.29 is 27.6 Å². The van der Waals surface area contributed by atoms with Crippen molar-refractivity contribution in [2.45, 2.75) is 24.6 Å². The Labute approximate surface area is 130 Å². The summed E-state index contributed by atoms with van der Waals surface area (Å²) in [5, 5.41) is 13.9. The number of hydrogen-bond acceptors (Lipinski definition) is 5. The fourth-order valence-electron chi connectivity index (χ4n) is 2.46. The van der Waals surface area contributed by atoms with E-state index >= 15 is 0 Å². The number of nitro groups is 1. The maximum atomic E-state index is 12.7. The quantitative estimate of drug-likeness (QED) is 0.661. The van der Waals surface area contributed by atoms with Crippen LogP contribution in [0.5, 0.6) is 0 Å². The number of rotatable bonds is 5. The summed E-state index contributed by atoms with van der Waals surface area (Å²) in [6.45, 7) is 1.26. The van der Waals surface area contributed by atoms with E-state index in [1.54, 1.807) is 0 Å². The molecule has 1 heterocycles. The number of anilines is 1. The van der Waals surface area contributed by atoms with Crippen LogP contribution in [0.15, 0.2) is 18.2 Å². The fourth-order valence-corrected chi connectivity index (χ4v) is 2.46. The largest absolute Gasteiger partial charge is 0.416 e. The number of nitrogens with zero attached hydrogens (tertiary/aromatic N) is 1. The zero-order valence-corrected chi connectivity index (χ0v) is 12.5. The molecule has 1 saturated heterocycles. The van der Waals surface area contributed by atoms with Gasteiger partial charge in [-0.1, -0.05) is 0 Å². The van der Waals surface area contributed by atoms with Gasteiger partial charge in [-0.05, 0) is 12.1 Å². The second kappa shape index (κ2) is 6.71. The normalized spacial score (nSPS) is 17.7. The van der Waals surface area contributed by atoms with Gasteiger partial charge in [-0.15, -0.1) is 0 Å². The summed E-state index contributed by atoms with van der Waals surface area (Å²) in [6, 6.07) is 2.42. The Morgan fingerprint density at radius 3 is 2.57 bits per heavy atom. The molecule has 1 aliphatic rings. The molecule has 0 aliphatic carbocycles. The number of ether oxygens (including phenoxy) is 2. The van der Waals surface area contributed by atoms with E-state index in [4.69, 9.17) is 9.47 Å². The summed E-state index contributed by atoms with van der Waals surface area (Å²) in [5.41, 5.74) is -2.18. The molecule has 0 saturated carbocycles. The fraction of sp³-hybridized carbons (Fsp3) is 0.571. The number of nitro benzene ring substituents is 1.